The van der Waals surface area contributed by atoms with Crippen molar-refractivity contribution in [2.75, 3.05) is 5.73 Å². The first-order valence-electron chi connectivity index (χ1n) is 3.58. The fourth-order valence-corrected chi connectivity index (χ4v) is 1.29. The molecule has 0 aliphatic rings. The monoisotopic (exact) mass is 239 g/mol. The van der Waals surface area contributed by atoms with Crippen LogP contribution in [0.1, 0.15) is 0 Å². The number of anilines is 1. The van der Waals surface area contributed by atoms with Crippen molar-refractivity contribution in [1.29, 1.82) is 0 Å². The van der Waals surface area contributed by atoms with Crippen LogP contribution < -0.4 is 5.73 Å². The Labute approximate surface area is 82.9 Å². The molecule has 0 bridgehead atoms. The maximum absolute atomic E-state index is 5.45. The maximum Gasteiger partial charge on any atom is 0.196 e. The Morgan fingerprint density at radius 3 is 2.54 bits per heavy atom. The second kappa shape index (κ2) is 3.18. The van der Waals surface area contributed by atoms with Crippen LogP contribution in [0.15, 0.2) is 33.6 Å². The van der Waals surface area contributed by atoms with Gasteiger partial charge in [0.15, 0.2) is 11.6 Å². The summed E-state index contributed by atoms with van der Waals surface area (Å²) in [5.74, 6) is 1.13. The summed E-state index contributed by atoms with van der Waals surface area (Å²) < 4.78 is 6.01. The maximum atomic E-state index is 5.45. The molecule has 0 fully saturated rings. The summed E-state index contributed by atoms with van der Waals surface area (Å²) in [6, 6.07) is 1.79. The average molecular weight is 240 g/mol. The number of halogens is 1. The fraction of sp³-hybridized carbons (Fsp3) is 0. The van der Waals surface area contributed by atoms with Gasteiger partial charge in [-0.05, 0) is 22.0 Å². The van der Waals surface area contributed by atoms with Crippen molar-refractivity contribution in [3.63, 3.8) is 0 Å². The zero-order valence-electron chi connectivity index (χ0n) is 6.57. The van der Waals surface area contributed by atoms with E-state index in [4.69, 9.17) is 10.2 Å². The molecule has 0 aliphatic carbocycles. The predicted molar refractivity (Wildman–Crippen MR) is 51.8 cm³/mol. The minimum atomic E-state index is 0.520. The van der Waals surface area contributed by atoms with Crippen LogP contribution in [0.3, 0.4) is 0 Å². The molecule has 2 N–H and O–H groups in total. The molecule has 0 spiro atoms. The topological polar surface area (TPSA) is 64.9 Å². The van der Waals surface area contributed by atoms with Crippen molar-refractivity contribution in [3.05, 3.63) is 29.2 Å². The summed E-state index contributed by atoms with van der Waals surface area (Å²) in [7, 11) is 0. The molecule has 0 amide bonds. The van der Waals surface area contributed by atoms with E-state index < -0.39 is 0 Å². The zero-order chi connectivity index (χ0) is 9.26. The SMILES string of the molecule is Nc1cnc(-c2occc2Br)nc1. The number of nitrogens with zero attached hydrogens (tertiary/aromatic N) is 2. The van der Waals surface area contributed by atoms with Crippen LogP contribution in [0.4, 0.5) is 5.69 Å². The molecule has 2 aromatic heterocycles. The van der Waals surface area contributed by atoms with E-state index in [0.717, 1.165) is 4.47 Å². The van der Waals surface area contributed by atoms with Crippen molar-refractivity contribution in [3.8, 4) is 11.6 Å². The molecule has 2 aromatic rings. The first-order valence-corrected chi connectivity index (χ1v) is 4.37. The van der Waals surface area contributed by atoms with E-state index in [9.17, 15) is 0 Å². The lowest BCUT2D eigenvalue weighted by molar-refractivity contribution is 0.576. The highest BCUT2D eigenvalue weighted by atomic mass is 79.9. The number of hydrogen-bond donors (Lipinski definition) is 1. The van der Waals surface area contributed by atoms with Gasteiger partial charge >= 0.3 is 0 Å². The third kappa shape index (κ3) is 1.55. The van der Waals surface area contributed by atoms with E-state index in [1.54, 1.807) is 12.3 Å². The normalized spacial score (nSPS) is 10.2. The van der Waals surface area contributed by atoms with Gasteiger partial charge in [0, 0.05) is 0 Å². The summed E-state index contributed by atoms with van der Waals surface area (Å²) in [5.41, 5.74) is 5.98. The van der Waals surface area contributed by atoms with Crippen molar-refractivity contribution >= 4 is 21.6 Å². The number of furan rings is 1. The van der Waals surface area contributed by atoms with E-state index in [-0.39, 0.29) is 0 Å². The Bertz CT molecular complexity index is 410. The van der Waals surface area contributed by atoms with E-state index in [2.05, 4.69) is 25.9 Å². The van der Waals surface area contributed by atoms with Crippen molar-refractivity contribution in [2.24, 2.45) is 0 Å². The van der Waals surface area contributed by atoms with E-state index in [1.165, 1.54) is 12.4 Å². The quantitative estimate of drug-likeness (QED) is 0.828. The third-order valence-electron chi connectivity index (χ3n) is 1.49. The van der Waals surface area contributed by atoms with Crippen molar-refractivity contribution in [1.82, 2.24) is 9.97 Å². The average Bonchev–Trinajstić information content (AvgIpc) is 2.53. The lowest BCUT2D eigenvalue weighted by atomic mass is 10.4. The highest BCUT2D eigenvalue weighted by molar-refractivity contribution is 9.10. The van der Waals surface area contributed by atoms with Gasteiger partial charge in [-0.1, -0.05) is 0 Å². The lowest BCUT2D eigenvalue weighted by Crippen LogP contribution is -1.91. The molecule has 0 saturated heterocycles. The lowest BCUT2D eigenvalue weighted by Gasteiger charge is -1.95. The van der Waals surface area contributed by atoms with Gasteiger partial charge in [-0.3, -0.25) is 0 Å². The van der Waals surface area contributed by atoms with Crippen LogP contribution in [0.25, 0.3) is 11.6 Å². The summed E-state index contributed by atoms with van der Waals surface area (Å²) in [6.45, 7) is 0. The van der Waals surface area contributed by atoms with Gasteiger partial charge in [0.1, 0.15) is 0 Å². The van der Waals surface area contributed by atoms with Crippen LogP contribution >= 0.6 is 15.9 Å². The van der Waals surface area contributed by atoms with Crippen LogP contribution in [-0.2, 0) is 0 Å². The van der Waals surface area contributed by atoms with Crippen LogP contribution in [0.2, 0.25) is 0 Å². The Kier molecular flexibility index (Phi) is 2.02. The van der Waals surface area contributed by atoms with Crippen molar-refractivity contribution < 1.29 is 4.42 Å². The molecule has 0 aromatic carbocycles. The third-order valence-corrected chi connectivity index (χ3v) is 2.12. The molecule has 13 heavy (non-hydrogen) atoms. The van der Waals surface area contributed by atoms with Gasteiger partial charge in [-0.25, -0.2) is 9.97 Å². The summed E-state index contributed by atoms with van der Waals surface area (Å²) in [6.07, 6.45) is 4.65. The number of nitrogens with two attached hydrogens (primary N) is 1. The Balaban J connectivity index is 2.47. The van der Waals surface area contributed by atoms with E-state index in [0.29, 0.717) is 17.3 Å². The highest BCUT2D eigenvalue weighted by Gasteiger charge is 2.08. The molecule has 4 nitrogen and oxygen atoms in total. The molecule has 2 heterocycles. The molecule has 66 valence electrons. The molecular weight excluding hydrogens is 234 g/mol. The molecular formula is C8H6BrN3O. The van der Waals surface area contributed by atoms with Gasteiger partial charge < -0.3 is 10.2 Å². The zero-order valence-corrected chi connectivity index (χ0v) is 8.15. The molecule has 0 atom stereocenters. The van der Waals surface area contributed by atoms with Crippen LogP contribution in [0, 0.1) is 0 Å². The minimum Gasteiger partial charge on any atom is -0.460 e. The summed E-state index contributed by atoms with van der Waals surface area (Å²) in [4.78, 5) is 8.04. The number of rotatable bonds is 1. The van der Waals surface area contributed by atoms with Gasteiger partial charge in [0.05, 0.1) is 28.8 Å². The minimum absolute atomic E-state index is 0.520. The molecule has 0 radical (unpaired) electrons. The Morgan fingerprint density at radius 1 is 1.31 bits per heavy atom. The van der Waals surface area contributed by atoms with E-state index in [1.807, 2.05) is 0 Å². The van der Waals surface area contributed by atoms with Gasteiger partial charge in [-0.2, -0.15) is 0 Å². The van der Waals surface area contributed by atoms with Gasteiger partial charge in [-0.15, -0.1) is 0 Å². The number of hydrogen-bond acceptors (Lipinski definition) is 4. The summed E-state index contributed by atoms with van der Waals surface area (Å²) in [5, 5.41) is 0. The predicted octanol–water partition coefficient (Wildman–Crippen LogP) is 2.08. The first-order chi connectivity index (χ1) is 6.27. The highest BCUT2D eigenvalue weighted by Crippen LogP contribution is 2.25. The second-order valence-corrected chi connectivity index (χ2v) is 3.29. The second-order valence-electron chi connectivity index (χ2n) is 2.44. The van der Waals surface area contributed by atoms with Crippen molar-refractivity contribution in [2.45, 2.75) is 0 Å². The number of aromatic nitrogens is 2. The molecule has 5 heteroatoms. The van der Waals surface area contributed by atoms with E-state index >= 15 is 0 Å². The van der Waals surface area contributed by atoms with Gasteiger partial charge in [0.25, 0.3) is 0 Å². The Hall–Kier alpha value is -1.36. The first kappa shape index (κ1) is 8.25. The summed E-state index contributed by atoms with van der Waals surface area (Å²) >= 11 is 3.32. The standard InChI is InChI=1S/C8H6BrN3O/c9-6-1-2-13-7(6)8-11-3-5(10)4-12-8/h1-4H,10H2. The van der Waals surface area contributed by atoms with Crippen LogP contribution in [-0.4, -0.2) is 9.97 Å². The fourth-order valence-electron chi connectivity index (χ4n) is 0.909. The molecule has 0 aliphatic heterocycles. The smallest absolute Gasteiger partial charge is 0.196 e. The number of nitrogen functional groups attached to an aromatic ring is 1. The van der Waals surface area contributed by atoms with Crippen LogP contribution in [0.5, 0.6) is 0 Å². The Morgan fingerprint density at radius 2 is 2.00 bits per heavy atom. The molecule has 0 unspecified atom stereocenters. The molecule has 2 rings (SSSR count). The largest absolute Gasteiger partial charge is 0.460 e. The van der Waals surface area contributed by atoms with Gasteiger partial charge in [0.2, 0.25) is 0 Å². The molecule has 0 saturated carbocycles.